The summed E-state index contributed by atoms with van der Waals surface area (Å²) in [5, 5.41) is 9.70. The first kappa shape index (κ1) is 27.5. The number of carbonyl (C=O) groups excluding carboxylic acids is 2. The number of hydrogen-bond acceptors (Lipinski definition) is 8. The number of aromatic nitrogens is 1. The summed E-state index contributed by atoms with van der Waals surface area (Å²) >= 11 is 6.61. The monoisotopic (exact) mass is 554 g/mol. The summed E-state index contributed by atoms with van der Waals surface area (Å²) < 4.78 is 20.3. The second-order valence-electron chi connectivity index (χ2n) is 9.12. The van der Waals surface area contributed by atoms with Gasteiger partial charge in [0, 0.05) is 25.7 Å². The number of carbonyl (C=O) groups is 2. The number of thiocarbonyl (C=S) groups is 1. The van der Waals surface area contributed by atoms with Crippen LogP contribution in [-0.4, -0.2) is 45.4 Å². The number of rotatable bonds is 6. The van der Waals surface area contributed by atoms with E-state index in [4.69, 9.17) is 17.0 Å². The van der Waals surface area contributed by atoms with Gasteiger partial charge in [-0.15, -0.1) is 0 Å². The summed E-state index contributed by atoms with van der Waals surface area (Å²) in [6.07, 6.45) is 2.81. The fraction of sp³-hybridized carbons (Fsp3) is 0.370. The lowest BCUT2D eigenvalue weighted by Crippen LogP contribution is -2.40. The third kappa shape index (κ3) is 5.37. The number of benzene rings is 1. The van der Waals surface area contributed by atoms with Crippen LogP contribution in [0.25, 0.3) is 6.08 Å². The molecule has 1 aromatic heterocycles. The first-order valence-corrected chi connectivity index (χ1v) is 13.4. The zero-order chi connectivity index (χ0) is 27.6. The molecule has 1 amide bonds. The van der Waals surface area contributed by atoms with E-state index >= 15 is 0 Å². The second-order valence-corrected chi connectivity index (χ2v) is 10.8. The molecule has 1 aromatic carbocycles. The van der Waals surface area contributed by atoms with Crippen LogP contribution in [-0.2, 0) is 27.9 Å². The molecule has 0 saturated carbocycles. The first-order chi connectivity index (χ1) is 18.2. The summed E-state index contributed by atoms with van der Waals surface area (Å²) in [7, 11) is 1.60. The summed E-state index contributed by atoms with van der Waals surface area (Å²) in [6.45, 7) is 5.01. The van der Waals surface area contributed by atoms with E-state index in [0.717, 1.165) is 17.3 Å². The highest BCUT2D eigenvalue weighted by molar-refractivity contribution is 8.26. The third-order valence-electron chi connectivity index (χ3n) is 6.79. The number of nitrogens with zero attached hydrogens (tertiary/aromatic N) is 4. The Bertz CT molecular complexity index is 1420. The van der Waals surface area contributed by atoms with Crippen molar-refractivity contribution in [2.45, 2.75) is 33.2 Å². The number of ether oxygens (including phenoxy) is 1. The molecule has 8 nitrogen and oxygen atoms in total. The second kappa shape index (κ2) is 11.5. The van der Waals surface area contributed by atoms with Gasteiger partial charge in [0.25, 0.3) is 11.5 Å². The number of piperidine rings is 1. The molecule has 198 valence electrons. The van der Waals surface area contributed by atoms with Gasteiger partial charge >= 0.3 is 5.97 Å². The van der Waals surface area contributed by atoms with Crippen molar-refractivity contribution in [1.82, 2.24) is 9.47 Å². The molecule has 2 aliphatic rings. The van der Waals surface area contributed by atoms with E-state index in [1.54, 1.807) is 39.1 Å². The van der Waals surface area contributed by atoms with Crippen LogP contribution < -0.4 is 10.5 Å². The number of anilines is 1. The largest absolute Gasteiger partial charge is 0.466 e. The van der Waals surface area contributed by atoms with Crippen LogP contribution in [0.4, 0.5) is 10.2 Å². The Morgan fingerprint density at radius 3 is 2.53 bits per heavy atom. The molecule has 38 heavy (non-hydrogen) atoms. The van der Waals surface area contributed by atoms with E-state index in [2.05, 4.69) is 0 Å². The minimum Gasteiger partial charge on any atom is -0.466 e. The lowest BCUT2D eigenvalue weighted by Gasteiger charge is -2.35. The van der Waals surface area contributed by atoms with E-state index < -0.39 is 5.56 Å². The van der Waals surface area contributed by atoms with E-state index in [1.165, 1.54) is 21.6 Å². The predicted octanol–water partition coefficient (Wildman–Crippen LogP) is 3.89. The molecule has 0 spiro atoms. The lowest BCUT2D eigenvalue weighted by molar-refractivity contribution is -0.148. The fourth-order valence-corrected chi connectivity index (χ4v) is 5.96. The molecule has 3 heterocycles. The highest BCUT2D eigenvalue weighted by Gasteiger charge is 2.34. The normalized spacial score (nSPS) is 17.3. The fourth-order valence-electron chi connectivity index (χ4n) is 4.72. The average molecular weight is 555 g/mol. The Morgan fingerprint density at radius 2 is 1.92 bits per heavy atom. The van der Waals surface area contributed by atoms with Crippen molar-refractivity contribution in [1.29, 1.82) is 5.26 Å². The van der Waals surface area contributed by atoms with E-state index in [0.29, 0.717) is 58.7 Å². The maximum Gasteiger partial charge on any atom is 0.309 e. The Labute approximate surface area is 229 Å². The van der Waals surface area contributed by atoms with Gasteiger partial charge < -0.3 is 9.64 Å². The van der Waals surface area contributed by atoms with Crippen molar-refractivity contribution in [3.05, 3.63) is 67.6 Å². The van der Waals surface area contributed by atoms with E-state index in [1.807, 2.05) is 11.0 Å². The van der Waals surface area contributed by atoms with Gasteiger partial charge in [0.2, 0.25) is 0 Å². The van der Waals surface area contributed by atoms with Crippen LogP contribution in [0.2, 0.25) is 0 Å². The molecule has 11 heteroatoms. The number of thioether (sulfide) groups is 1. The summed E-state index contributed by atoms with van der Waals surface area (Å²) in [6, 6.07) is 7.87. The van der Waals surface area contributed by atoms with Crippen molar-refractivity contribution in [3.8, 4) is 6.07 Å². The van der Waals surface area contributed by atoms with Gasteiger partial charge in [-0.1, -0.05) is 36.1 Å². The van der Waals surface area contributed by atoms with Crippen LogP contribution >= 0.6 is 24.0 Å². The van der Waals surface area contributed by atoms with Crippen LogP contribution in [0, 0.1) is 30.0 Å². The van der Waals surface area contributed by atoms with Crippen molar-refractivity contribution in [2.75, 3.05) is 24.6 Å². The zero-order valence-corrected chi connectivity index (χ0v) is 23.0. The molecule has 0 unspecified atom stereocenters. The molecule has 2 aliphatic heterocycles. The topological polar surface area (TPSA) is 95.6 Å². The maximum absolute atomic E-state index is 13.4. The summed E-state index contributed by atoms with van der Waals surface area (Å²) in [5.41, 5.74) is 1.38. The molecule has 2 aromatic rings. The third-order valence-corrected chi connectivity index (χ3v) is 8.16. The zero-order valence-electron chi connectivity index (χ0n) is 21.3. The van der Waals surface area contributed by atoms with Gasteiger partial charge in [0.05, 0.1) is 24.0 Å². The molecular formula is C27H27FN4O4S2. The lowest BCUT2D eigenvalue weighted by atomic mass is 9.95. The molecule has 0 atom stereocenters. The Kier molecular flexibility index (Phi) is 8.33. The van der Waals surface area contributed by atoms with Crippen LogP contribution in [0.1, 0.15) is 42.0 Å². The molecule has 0 N–H and O–H groups in total. The standard InChI is InChI=1S/C27H27FN4O4S2/c1-4-36-26(35)18-9-11-31(12-10-18)23-20(16(2)21(14-29)24(33)30(23)3)13-22-25(34)32(27(37)38-22)15-17-5-7-19(28)8-6-17/h5-8,13,18H,4,9-12,15H2,1-3H3/b22-13-. The average Bonchev–Trinajstić information content (AvgIpc) is 3.16. The molecular weight excluding hydrogens is 527 g/mol. The number of esters is 1. The van der Waals surface area contributed by atoms with Gasteiger partial charge in [-0.3, -0.25) is 23.9 Å². The van der Waals surface area contributed by atoms with Crippen LogP contribution in [0.15, 0.2) is 34.0 Å². The quantitative estimate of drug-likeness (QED) is 0.302. The highest BCUT2D eigenvalue weighted by Crippen LogP contribution is 2.37. The number of amides is 1. The molecule has 2 saturated heterocycles. The smallest absolute Gasteiger partial charge is 0.309 e. The van der Waals surface area contributed by atoms with Crippen molar-refractivity contribution in [2.24, 2.45) is 13.0 Å². The Morgan fingerprint density at radius 1 is 1.26 bits per heavy atom. The van der Waals surface area contributed by atoms with Gasteiger partial charge in [-0.05, 0) is 56.0 Å². The van der Waals surface area contributed by atoms with Gasteiger partial charge in [-0.2, -0.15) is 5.26 Å². The van der Waals surface area contributed by atoms with E-state index in [9.17, 15) is 24.0 Å². The number of nitriles is 1. The van der Waals surface area contributed by atoms with Crippen LogP contribution in [0.3, 0.4) is 0 Å². The molecule has 0 radical (unpaired) electrons. The first-order valence-electron chi connectivity index (χ1n) is 12.2. The van der Waals surface area contributed by atoms with Gasteiger partial charge in [0.1, 0.15) is 27.6 Å². The Hall–Kier alpha value is -3.49. The molecule has 2 fully saturated rings. The van der Waals surface area contributed by atoms with Crippen LogP contribution in [0.5, 0.6) is 0 Å². The predicted molar refractivity (Wildman–Crippen MR) is 148 cm³/mol. The number of pyridine rings is 1. The highest BCUT2D eigenvalue weighted by atomic mass is 32.2. The Balaban J connectivity index is 1.69. The van der Waals surface area contributed by atoms with Crippen molar-refractivity contribution in [3.63, 3.8) is 0 Å². The minimum absolute atomic E-state index is 0.00528. The maximum atomic E-state index is 13.4. The summed E-state index contributed by atoms with van der Waals surface area (Å²) in [5.74, 6) is -0.520. The van der Waals surface area contributed by atoms with Crippen molar-refractivity contribution < 1.29 is 18.7 Å². The SMILES string of the molecule is CCOC(=O)C1CCN(c2c(/C=C3\SC(=S)N(Cc4ccc(F)cc4)C3=O)c(C)c(C#N)c(=O)n2C)CC1. The molecule has 4 rings (SSSR count). The molecule has 0 bridgehead atoms. The van der Waals surface area contributed by atoms with Gasteiger partial charge in [0.15, 0.2) is 0 Å². The van der Waals surface area contributed by atoms with Crippen molar-refractivity contribution >= 4 is 52.1 Å². The minimum atomic E-state index is -0.423. The number of halogens is 1. The molecule has 0 aliphatic carbocycles. The van der Waals surface area contributed by atoms with E-state index in [-0.39, 0.29) is 35.7 Å². The van der Waals surface area contributed by atoms with Gasteiger partial charge in [-0.25, -0.2) is 4.39 Å². The summed E-state index contributed by atoms with van der Waals surface area (Å²) in [4.78, 5) is 42.4. The number of hydrogen-bond donors (Lipinski definition) is 0.